The minimum Gasteiger partial charge on any atom is -0.394 e. The Kier molecular flexibility index (Phi) is 30.1. The zero-order valence-electron chi connectivity index (χ0n) is 52.4. The number of aliphatic hydroxyl groups excluding tert-OH is 23. The molecule has 0 aliphatic carbocycles. The van der Waals surface area contributed by atoms with Crippen molar-refractivity contribution in [2.75, 3.05) is 52.9 Å². The Hall–Kier alpha value is -3.07. The Labute approximate surface area is 550 Å². The number of rotatable bonds is 28. The highest BCUT2D eigenvalue weighted by atomic mass is 16.8. The maximum Gasteiger partial charge on any atom is 0.217 e. The third kappa shape index (κ3) is 18.7. The lowest BCUT2D eigenvalue weighted by Gasteiger charge is -2.51. The van der Waals surface area contributed by atoms with Crippen molar-refractivity contribution >= 4 is 17.7 Å². The summed E-state index contributed by atoms with van der Waals surface area (Å²) in [6.45, 7) is -4.20. The van der Waals surface area contributed by atoms with Crippen LogP contribution in [-0.4, -0.2) is 427 Å². The summed E-state index contributed by atoms with van der Waals surface area (Å²) < 4.78 is 81.4. The topological polar surface area (TPSA) is 682 Å². The van der Waals surface area contributed by atoms with Crippen molar-refractivity contribution in [2.24, 2.45) is 0 Å². The summed E-state index contributed by atoms with van der Waals surface area (Å²) >= 11 is 0. The van der Waals surface area contributed by atoms with Gasteiger partial charge < -0.3 is 200 Å². The third-order valence-corrected chi connectivity index (χ3v) is 17.4. The summed E-state index contributed by atoms with van der Waals surface area (Å²) in [5.74, 6) is -2.71. The van der Waals surface area contributed by atoms with E-state index < -0.39 is 310 Å². The molecule has 7 heterocycles. The van der Waals surface area contributed by atoms with Crippen LogP contribution in [0.2, 0.25) is 0 Å². The Balaban J connectivity index is 1.20. The lowest BCUT2D eigenvalue weighted by Crippen LogP contribution is -2.70. The quantitative estimate of drug-likeness (QED) is 0.0346. The summed E-state index contributed by atoms with van der Waals surface area (Å²) in [6.07, 6.45) is -72.6. The van der Waals surface area contributed by atoms with E-state index in [9.17, 15) is 132 Å². The summed E-state index contributed by atoms with van der Waals surface area (Å²) in [4.78, 5) is 37.9. The summed E-state index contributed by atoms with van der Waals surface area (Å²) in [7, 11) is 0. The molecule has 0 bridgehead atoms. The zero-order valence-corrected chi connectivity index (χ0v) is 52.4. The predicted octanol–water partition coefficient (Wildman–Crippen LogP) is -17.4. The molecule has 43 heteroatoms. The van der Waals surface area contributed by atoms with Crippen LogP contribution < -0.4 is 16.0 Å². The van der Waals surface area contributed by atoms with Gasteiger partial charge >= 0.3 is 0 Å². The van der Waals surface area contributed by atoms with Gasteiger partial charge in [0.15, 0.2) is 44.0 Å². The third-order valence-electron chi connectivity index (χ3n) is 17.4. The van der Waals surface area contributed by atoms with Gasteiger partial charge in [-0.3, -0.25) is 14.4 Å². The summed E-state index contributed by atoms with van der Waals surface area (Å²) in [5.41, 5.74) is 0. The SMILES string of the molecule is CC(=O)N[C@H]1[C@H](O[C@@H]([C@H](O)[C@H](CO)NC(C)=O)[C@H](O)CO[C@@H]2O[C@@H](C)[C@@H](O)[C@@H](O)[C@@H]2O)O[C@H](CO)[C@@H](O[C@@H]2O[C@H](CO[C@H]3O[C@H](CO)[C@@H](O)[C@H](O)[C@@H]3O)[C@@H](O)[C@H](O[C@H]3O[C@H](CO)[C@@H](O)[C@H](O)[C@@H]3O[C@@H]3O[C@H](CO)[C@@H](O[C@@H]4O[C@H](CO)[C@H](O)[C@H](O)[C@H]4O)[C@H](O)[C@H]3NC(C)=O)[C@@H]2O)[C@@H]1O. The van der Waals surface area contributed by atoms with Crippen molar-refractivity contribution in [2.45, 2.75) is 267 Å². The molecule has 7 aliphatic heterocycles. The monoisotopic (exact) mass is 1420 g/mol. The normalized spacial score (nSPS) is 46.5. The van der Waals surface area contributed by atoms with Gasteiger partial charge in [0, 0.05) is 20.8 Å². The molecule has 26 N–H and O–H groups in total. The van der Waals surface area contributed by atoms with Gasteiger partial charge in [-0.2, -0.15) is 0 Å². The predicted molar refractivity (Wildman–Crippen MR) is 300 cm³/mol. The molecule has 0 saturated carbocycles. The van der Waals surface area contributed by atoms with Crippen LogP contribution in [0.3, 0.4) is 0 Å². The average Bonchev–Trinajstić information content (AvgIpc) is 0.773. The lowest BCUT2D eigenvalue weighted by atomic mass is 9.94. The number of carbonyl (C=O) groups is 3. The largest absolute Gasteiger partial charge is 0.394 e. The van der Waals surface area contributed by atoms with Gasteiger partial charge in [0.1, 0.15) is 183 Å². The standard InChI is InChI=1S/C54H93N3O40/c1-13-27(68)35(76)39(80)50(86-13)84-11-18(67)43(28(69)17(5-58)55-14(2)64)93-48-25(56-15(3)65)33(74)45(23(10-63)90-48)95-53-42(83)46(32(73)24(92-53)12-85-51-40(81)36(77)29(70)19(6-59)87-51)96-54-47(38(79)31(72)21(8-61)89-54)97-49-26(57-16(4)66)34(75)44(22(9-62)91-49)94-52-41(82)37(78)30(71)20(7-60)88-52/h13,17-54,58-63,67-83H,5-12H2,1-4H3,(H,55,64)(H,56,65)(H,57,66)/t13-,17-,18+,19+,20+,21+,22+,23+,24+,25+,26+,27+,28+,29+,30-,31+,32+,33+,34+,35+,36-,37-,38-,39-,40-,41+,42-,43+,44+,45+,46-,47-,48-,49-,50+,51-,52-,53-,54+/m0/s1. The Morgan fingerprint density at radius 3 is 1.28 bits per heavy atom. The van der Waals surface area contributed by atoms with Crippen LogP contribution in [0.5, 0.6) is 0 Å². The van der Waals surface area contributed by atoms with E-state index in [1.165, 1.54) is 6.92 Å². The molecule has 43 nitrogen and oxygen atoms in total. The molecule has 0 aromatic heterocycles. The maximum atomic E-state index is 13.0. The van der Waals surface area contributed by atoms with Crippen molar-refractivity contribution in [1.29, 1.82) is 0 Å². The first-order valence-electron chi connectivity index (χ1n) is 30.9. The van der Waals surface area contributed by atoms with Crippen molar-refractivity contribution < 1.29 is 198 Å². The second-order valence-corrected chi connectivity index (χ2v) is 24.4. The first-order valence-corrected chi connectivity index (χ1v) is 30.9. The molecule has 7 saturated heterocycles. The molecular weight excluding hydrogens is 1330 g/mol. The molecule has 7 rings (SSSR count). The number of hydrogen-bond acceptors (Lipinski definition) is 40. The van der Waals surface area contributed by atoms with E-state index in [1.54, 1.807) is 0 Å². The van der Waals surface area contributed by atoms with Gasteiger partial charge in [-0.1, -0.05) is 0 Å². The van der Waals surface area contributed by atoms with Gasteiger partial charge in [-0.25, -0.2) is 0 Å². The van der Waals surface area contributed by atoms with Crippen LogP contribution >= 0.6 is 0 Å². The smallest absolute Gasteiger partial charge is 0.217 e. The van der Waals surface area contributed by atoms with Gasteiger partial charge in [0.25, 0.3) is 0 Å². The van der Waals surface area contributed by atoms with Gasteiger partial charge in [0.2, 0.25) is 17.7 Å². The van der Waals surface area contributed by atoms with E-state index in [0.717, 1.165) is 20.8 Å². The maximum absolute atomic E-state index is 13.0. The molecule has 0 aromatic carbocycles. The van der Waals surface area contributed by atoms with Crippen LogP contribution in [-0.2, 0) is 80.7 Å². The average molecular weight is 1420 g/mol. The van der Waals surface area contributed by atoms with Crippen molar-refractivity contribution in [3.8, 4) is 0 Å². The van der Waals surface area contributed by atoms with E-state index in [1.807, 2.05) is 0 Å². The number of carbonyl (C=O) groups excluding carboxylic acids is 3. The van der Waals surface area contributed by atoms with Gasteiger partial charge in [-0.15, -0.1) is 0 Å². The molecule has 7 aliphatic rings. The molecule has 0 unspecified atom stereocenters. The minimum atomic E-state index is -2.49. The fourth-order valence-electron chi connectivity index (χ4n) is 12.0. The first-order chi connectivity index (χ1) is 45.8. The molecule has 7 fully saturated rings. The summed E-state index contributed by atoms with van der Waals surface area (Å²) in [6, 6.07) is -5.56. The Morgan fingerprint density at radius 1 is 0.381 bits per heavy atom. The number of amides is 3. The zero-order chi connectivity index (χ0) is 71.9. The van der Waals surface area contributed by atoms with Crippen molar-refractivity contribution in [1.82, 2.24) is 16.0 Å². The van der Waals surface area contributed by atoms with Gasteiger partial charge in [-0.05, 0) is 6.92 Å². The molecule has 564 valence electrons. The minimum absolute atomic E-state index is 0.825. The first kappa shape index (κ1) is 81.2. The highest BCUT2D eigenvalue weighted by molar-refractivity contribution is 5.74. The lowest BCUT2D eigenvalue weighted by molar-refractivity contribution is -0.397. The van der Waals surface area contributed by atoms with E-state index in [0.29, 0.717) is 0 Å². The second-order valence-electron chi connectivity index (χ2n) is 24.4. The van der Waals surface area contributed by atoms with E-state index in [-0.39, 0.29) is 0 Å². The number of nitrogens with one attached hydrogen (secondary N) is 3. The molecule has 39 atom stereocenters. The van der Waals surface area contributed by atoms with Crippen molar-refractivity contribution in [3.63, 3.8) is 0 Å². The number of ether oxygens (including phenoxy) is 14. The highest BCUT2D eigenvalue weighted by Gasteiger charge is 2.59. The molecule has 97 heavy (non-hydrogen) atoms. The molecule has 0 spiro atoms. The Morgan fingerprint density at radius 2 is 0.784 bits per heavy atom. The Bertz CT molecular complexity index is 2440. The van der Waals surface area contributed by atoms with Crippen LogP contribution in [0.25, 0.3) is 0 Å². The molecule has 0 aromatic rings. The highest BCUT2D eigenvalue weighted by Crippen LogP contribution is 2.38. The second kappa shape index (κ2) is 35.9. The number of hydrogen-bond donors (Lipinski definition) is 26. The van der Waals surface area contributed by atoms with Crippen LogP contribution in [0.15, 0.2) is 0 Å². The van der Waals surface area contributed by atoms with Crippen LogP contribution in [0, 0.1) is 0 Å². The number of aliphatic hydroxyl groups is 23. The van der Waals surface area contributed by atoms with E-state index in [2.05, 4.69) is 16.0 Å². The van der Waals surface area contributed by atoms with Crippen LogP contribution in [0.1, 0.15) is 27.7 Å². The van der Waals surface area contributed by atoms with Crippen molar-refractivity contribution in [3.05, 3.63) is 0 Å². The van der Waals surface area contributed by atoms with E-state index in [4.69, 9.17) is 66.3 Å². The molecule has 3 amide bonds. The fraction of sp³-hybridized carbons (Fsp3) is 0.944. The van der Waals surface area contributed by atoms with Crippen LogP contribution in [0.4, 0.5) is 0 Å². The summed E-state index contributed by atoms with van der Waals surface area (Å²) in [5, 5.41) is 258. The molecule has 0 radical (unpaired) electrons. The molecular formula is C54H93N3O40. The van der Waals surface area contributed by atoms with E-state index >= 15 is 0 Å². The fourth-order valence-corrected chi connectivity index (χ4v) is 12.0. The van der Waals surface area contributed by atoms with Gasteiger partial charge in [0.05, 0.1) is 65.0 Å².